The zero-order chi connectivity index (χ0) is 13.8. The lowest BCUT2D eigenvalue weighted by Crippen LogP contribution is -2.23. The standard InChI is InChI=1S/C17H18O3/c18-10-14-8-15-6-7-16(9-17(15)20-12-14)19-11-13-4-2-1-3-5-13/h1-7,9,14,18H,8,10-12H2. The molecule has 0 radical (unpaired) electrons. The van der Waals surface area contributed by atoms with Crippen molar-refractivity contribution < 1.29 is 14.6 Å². The Labute approximate surface area is 118 Å². The van der Waals surface area contributed by atoms with Gasteiger partial charge in [-0.15, -0.1) is 0 Å². The van der Waals surface area contributed by atoms with Crippen LogP contribution < -0.4 is 9.47 Å². The Balaban J connectivity index is 1.67. The molecule has 20 heavy (non-hydrogen) atoms. The maximum absolute atomic E-state index is 9.18. The number of aliphatic hydroxyl groups is 1. The molecule has 3 rings (SSSR count). The highest BCUT2D eigenvalue weighted by atomic mass is 16.5. The van der Waals surface area contributed by atoms with Crippen molar-refractivity contribution in [3.05, 3.63) is 59.7 Å². The highest BCUT2D eigenvalue weighted by molar-refractivity contribution is 5.42. The van der Waals surface area contributed by atoms with Crippen molar-refractivity contribution in [1.29, 1.82) is 0 Å². The molecule has 1 aliphatic rings. The maximum Gasteiger partial charge on any atom is 0.126 e. The van der Waals surface area contributed by atoms with E-state index >= 15 is 0 Å². The van der Waals surface area contributed by atoms with E-state index in [1.54, 1.807) is 0 Å². The third kappa shape index (κ3) is 2.94. The minimum Gasteiger partial charge on any atom is -0.493 e. The second-order valence-electron chi connectivity index (χ2n) is 5.11. The number of rotatable bonds is 4. The predicted octanol–water partition coefficient (Wildman–Crippen LogP) is 2.81. The summed E-state index contributed by atoms with van der Waals surface area (Å²) in [4.78, 5) is 0. The molecule has 0 aromatic heterocycles. The Morgan fingerprint density at radius 1 is 1.15 bits per heavy atom. The van der Waals surface area contributed by atoms with E-state index in [0.29, 0.717) is 13.2 Å². The van der Waals surface area contributed by atoms with Crippen LogP contribution in [0.3, 0.4) is 0 Å². The van der Waals surface area contributed by atoms with Crippen LogP contribution >= 0.6 is 0 Å². The molecule has 0 amide bonds. The monoisotopic (exact) mass is 270 g/mol. The van der Waals surface area contributed by atoms with Crippen LogP contribution in [-0.2, 0) is 13.0 Å². The zero-order valence-corrected chi connectivity index (χ0v) is 11.3. The quantitative estimate of drug-likeness (QED) is 0.928. The van der Waals surface area contributed by atoms with Crippen molar-refractivity contribution in [2.24, 2.45) is 5.92 Å². The van der Waals surface area contributed by atoms with Crippen LogP contribution in [0.25, 0.3) is 0 Å². The number of fused-ring (bicyclic) bond motifs is 1. The van der Waals surface area contributed by atoms with E-state index in [2.05, 4.69) is 0 Å². The van der Waals surface area contributed by atoms with Gasteiger partial charge in [0.05, 0.1) is 6.61 Å². The van der Waals surface area contributed by atoms with Crippen LogP contribution in [-0.4, -0.2) is 18.3 Å². The summed E-state index contributed by atoms with van der Waals surface area (Å²) in [5.41, 5.74) is 2.29. The van der Waals surface area contributed by atoms with E-state index in [-0.39, 0.29) is 12.5 Å². The van der Waals surface area contributed by atoms with E-state index in [9.17, 15) is 5.11 Å². The van der Waals surface area contributed by atoms with Gasteiger partial charge >= 0.3 is 0 Å². The van der Waals surface area contributed by atoms with Crippen molar-refractivity contribution in [3.63, 3.8) is 0 Å². The van der Waals surface area contributed by atoms with Gasteiger partial charge in [0.25, 0.3) is 0 Å². The van der Waals surface area contributed by atoms with Gasteiger partial charge in [-0.05, 0) is 23.6 Å². The SMILES string of the molecule is OCC1COc2cc(OCc3ccccc3)ccc2C1. The van der Waals surface area contributed by atoms with Crippen LogP contribution in [0.1, 0.15) is 11.1 Å². The van der Waals surface area contributed by atoms with Gasteiger partial charge in [-0.2, -0.15) is 0 Å². The van der Waals surface area contributed by atoms with E-state index in [1.807, 2.05) is 48.5 Å². The van der Waals surface area contributed by atoms with Gasteiger partial charge in [0.2, 0.25) is 0 Å². The maximum atomic E-state index is 9.18. The minimum absolute atomic E-state index is 0.172. The summed E-state index contributed by atoms with van der Waals surface area (Å²) in [7, 11) is 0. The van der Waals surface area contributed by atoms with Gasteiger partial charge < -0.3 is 14.6 Å². The summed E-state index contributed by atoms with van der Waals surface area (Å²) < 4.78 is 11.5. The number of hydrogen-bond acceptors (Lipinski definition) is 3. The molecule has 1 heterocycles. The fraction of sp³-hybridized carbons (Fsp3) is 0.294. The Morgan fingerprint density at radius 2 is 2.00 bits per heavy atom. The number of benzene rings is 2. The topological polar surface area (TPSA) is 38.7 Å². The summed E-state index contributed by atoms with van der Waals surface area (Å²) >= 11 is 0. The van der Waals surface area contributed by atoms with E-state index in [4.69, 9.17) is 9.47 Å². The molecule has 1 unspecified atom stereocenters. The van der Waals surface area contributed by atoms with Gasteiger partial charge in [0.15, 0.2) is 0 Å². The molecule has 3 nitrogen and oxygen atoms in total. The summed E-state index contributed by atoms with van der Waals surface area (Å²) in [6, 6.07) is 16.0. The largest absolute Gasteiger partial charge is 0.493 e. The van der Waals surface area contributed by atoms with E-state index in [1.165, 1.54) is 0 Å². The van der Waals surface area contributed by atoms with Crippen LogP contribution in [0.2, 0.25) is 0 Å². The molecule has 0 bridgehead atoms. The molecular formula is C17H18O3. The first-order chi connectivity index (χ1) is 9.85. The van der Waals surface area contributed by atoms with E-state index in [0.717, 1.165) is 29.0 Å². The summed E-state index contributed by atoms with van der Waals surface area (Å²) in [5, 5.41) is 9.18. The number of hydrogen-bond donors (Lipinski definition) is 1. The molecule has 1 aliphatic heterocycles. The lowest BCUT2D eigenvalue weighted by atomic mass is 9.97. The molecule has 0 aliphatic carbocycles. The highest BCUT2D eigenvalue weighted by Gasteiger charge is 2.19. The molecule has 0 saturated carbocycles. The first-order valence-electron chi connectivity index (χ1n) is 6.88. The molecule has 104 valence electrons. The summed E-state index contributed by atoms with van der Waals surface area (Å²) in [6.45, 7) is 1.30. The average molecular weight is 270 g/mol. The molecule has 3 heteroatoms. The van der Waals surface area contributed by atoms with Gasteiger partial charge in [0, 0.05) is 18.6 Å². The number of ether oxygens (including phenoxy) is 2. The van der Waals surface area contributed by atoms with Crippen LogP contribution in [0.5, 0.6) is 11.5 Å². The van der Waals surface area contributed by atoms with Crippen molar-refractivity contribution in [2.75, 3.05) is 13.2 Å². The molecule has 2 aromatic rings. The molecule has 2 aromatic carbocycles. The molecular weight excluding hydrogens is 252 g/mol. The molecule has 1 atom stereocenters. The Morgan fingerprint density at radius 3 is 2.80 bits per heavy atom. The normalized spacial score (nSPS) is 17.1. The Kier molecular flexibility index (Phi) is 3.88. The summed E-state index contributed by atoms with van der Waals surface area (Å²) in [6.07, 6.45) is 0.866. The second-order valence-corrected chi connectivity index (χ2v) is 5.11. The summed E-state index contributed by atoms with van der Waals surface area (Å²) in [5.74, 6) is 1.90. The van der Waals surface area contributed by atoms with Crippen molar-refractivity contribution >= 4 is 0 Å². The Bertz CT molecular complexity index is 566. The number of aliphatic hydroxyl groups excluding tert-OH is 1. The predicted molar refractivity (Wildman–Crippen MR) is 77.0 cm³/mol. The van der Waals surface area contributed by atoms with Crippen molar-refractivity contribution in [3.8, 4) is 11.5 Å². The fourth-order valence-electron chi connectivity index (χ4n) is 2.36. The minimum atomic E-state index is 0.172. The van der Waals surface area contributed by atoms with Gasteiger partial charge in [0.1, 0.15) is 18.1 Å². The third-order valence-corrected chi connectivity index (χ3v) is 3.53. The zero-order valence-electron chi connectivity index (χ0n) is 11.3. The van der Waals surface area contributed by atoms with E-state index < -0.39 is 0 Å². The molecule has 0 spiro atoms. The Hall–Kier alpha value is -2.00. The first-order valence-corrected chi connectivity index (χ1v) is 6.88. The van der Waals surface area contributed by atoms with Crippen molar-refractivity contribution in [2.45, 2.75) is 13.0 Å². The highest BCUT2D eigenvalue weighted by Crippen LogP contribution is 2.31. The van der Waals surface area contributed by atoms with Crippen molar-refractivity contribution in [1.82, 2.24) is 0 Å². The van der Waals surface area contributed by atoms with Crippen LogP contribution in [0, 0.1) is 5.92 Å². The third-order valence-electron chi connectivity index (χ3n) is 3.53. The lowest BCUT2D eigenvalue weighted by molar-refractivity contribution is 0.146. The second kappa shape index (κ2) is 5.97. The molecule has 0 saturated heterocycles. The lowest BCUT2D eigenvalue weighted by Gasteiger charge is -2.24. The smallest absolute Gasteiger partial charge is 0.126 e. The van der Waals surface area contributed by atoms with Gasteiger partial charge in [-0.3, -0.25) is 0 Å². The van der Waals surface area contributed by atoms with Crippen LogP contribution in [0.4, 0.5) is 0 Å². The van der Waals surface area contributed by atoms with Gasteiger partial charge in [-0.25, -0.2) is 0 Å². The average Bonchev–Trinajstić information content (AvgIpc) is 2.53. The van der Waals surface area contributed by atoms with Crippen LogP contribution in [0.15, 0.2) is 48.5 Å². The molecule has 0 fully saturated rings. The molecule has 1 N–H and O–H groups in total. The first kappa shape index (κ1) is 13.0. The fourth-order valence-corrected chi connectivity index (χ4v) is 2.36. The van der Waals surface area contributed by atoms with Gasteiger partial charge in [-0.1, -0.05) is 36.4 Å².